The average Bonchev–Trinajstić information content (AvgIpc) is 2.91. The van der Waals surface area contributed by atoms with Gasteiger partial charge in [0.05, 0.1) is 5.70 Å². The van der Waals surface area contributed by atoms with Crippen LogP contribution < -0.4 is 0 Å². The number of fused-ring (bicyclic) bond motifs is 5. The molecule has 0 bridgehead atoms. The Morgan fingerprint density at radius 1 is 1.17 bits per heavy atom. The second-order valence-corrected chi connectivity index (χ2v) is 11.0. The average molecular weight is 427 g/mol. The van der Waals surface area contributed by atoms with E-state index >= 15 is 0 Å². The number of halogens is 1. The van der Waals surface area contributed by atoms with Crippen molar-refractivity contribution in [3.05, 3.63) is 16.7 Å². The van der Waals surface area contributed by atoms with Gasteiger partial charge in [-0.05, 0) is 97.5 Å². The Morgan fingerprint density at radius 2 is 2.00 bits per heavy atom. The molecule has 4 aliphatic carbocycles. The van der Waals surface area contributed by atoms with Crippen molar-refractivity contribution in [2.75, 3.05) is 0 Å². The van der Waals surface area contributed by atoms with Crippen LogP contribution >= 0.6 is 22.6 Å². The van der Waals surface area contributed by atoms with Gasteiger partial charge in [-0.1, -0.05) is 42.5 Å². The summed E-state index contributed by atoms with van der Waals surface area (Å²) in [5.74, 6) is 5.40. The third-order valence-electron chi connectivity index (χ3n) is 8.36. The molecule has 0 aromatic rings. The Bertz CT molecular complexity index is 516. The molecule has 0 aliphatic heterocycles. The molecule has 7 unspecified atom stereocenters. The lowest BCUT2D eigenvalue weighted by molar-refractivity contribution is -0.0518. The van der Waals surface area contributed by atoms with Crippen molar-refractivity contribution in [3.63, 3.8) is 0 Å². The fourth-order valence-corrected chi connectivity index (χ4v) is 8.53. The summed E-state index contributed by atoms with van der Waals surface area (Å²) in [6.45, 7) is 5.06. The van der Waals surface area contributed by atoms with E-state index in [2.05, 4.69) is 47.7 Å². The molecule has 2 nitrogen and oxygen atoms in total. The van der Waals surface area contributed by atoms with Crippen LogP contribution in [0.3, 0.4) is 0 Å². The highest BCUT2D eigenvalue weighted by Crippen LogP contribution is 2.65. The maximum absolute atomic E-state index is 10.9. The minimum Gasteiger partial charge on any atom is -0.145 e. The first-order chi connectivity index (χ1) is 11.0. The van der Waals surface area contributed by atoms with Crippen LogP contribution in [0.5, 0.6) is 0 Å². The smallest absolute Gasteiger partial charge is 0.0812 e. The fourth-order valence-electron chi connectivity index (χ4n) is 7.35. The molecule has 128 valence electrons. The molecule has 0 saturated heterocycles. The van der Waals surface area contributed by atoms with E-state index in [9.17, 15) is 4.91 Å². The van der Waals surface area contributed by atoms with Crippen LogP contribution in [0.25, 0.3) is 0 Å². The van der Waals surface area contributed by atoms with Gasteiger partial charge in [-0.3, -0.25) is 0 Å². The minimum absolute atomic E-state index is 0.606. The maximum atomic E-state index is 10.9. The summed E-state index contributed by atoms with van der Waals surface area (Å²) in [4.78, 5) is 10.9. The Morgan fingerprint density at radius 3 is 2.74 bits per heavy atom. The Kier molecular flexibility index (Phi) is 4.39. The SMILES string of the molecule is CC(I)C1CCC2C3CCC4CC(N=O)=CCC4C3CC[C@]12C. The summed E-state index contributed by atoms with van der Waals surface area (Å²) in [5, 5.41) is 3.25. The molecule has 0 aromatic heterocycles. The molecular weight excluding hydrogens is 397 g/mol. The molecule has 3 heteroatoms. The van der Waals surface area contributed by atoms with Crippen molar-refractivity contribution in [2.45, 2.75) is 69.1 Å². The van der Waals surface area contributed by atoms with Gasteiger partial charge in [0.25, 0.3) is 0 Å². The number of nitroso groups, excluding NO2 is 1. The molecule has 3 saturated carbocycles. The molecule has 0 N–H and O–H groups in total. The second-order valence-electron chi connectivity index (χ2n) is 9.07. The second kappa shape index (κ2) is 6.10. The van der Waals surface area contributed by atoms with Crippen molar-refractivity contribution in [3.8, 4) is 0 Å². The zero-order valence-electron chi connectivity index (χ0n) is 14.5. The van der Waals surface area contributed by atoms with Gasteiger partial charge in [0, 0.05) is 3.92 Å². The molecule has 23 heavy (non-hydrogen) atoms. The molecule has 0 amide bonds. The zero-order chi connectivity index (χ0) is 16.2. The zero-order valence-corrected chi connectivity index (χ0v) is 16.7. The van der Waals surface area contributed by atoms with E-state index in [1.165, 1.54) is 38.5 Å². The van der Waals surface area contributed by atoms with Gasteiger partial charge < -0.3 is 0 Å². The third kappa shape index (κ3) is 2.55. The van der Waals surface area contributed by atoms with E-state index < -0.39 is 0 Å². The predicted molar refractivity (Wildman–Crippen MR) is 103 cm³/mol. The summed E-state index contributed by atoms with van der Waals surface area (Å²) < 4.78 is 0.814. The van der Waals surface area contributed by atoms with Crippen LogP contribution in [0.4, 0.5) is 0 Å². The van der Waals surface area contributed by atoms with Crippen LogP contribution in [0, 0.1) is 45.8 Å². The number of hydrogen-bond donors (Lipinski definition) is 0. The monoisotopic (exact) mass is 427 g/mol. The summed E-state index contributed by atoms with van der Waals surface area (Å²) >= 11 is 2.68. The molecule has 8 atom stereocenters. The van der Waals surface area contributed by atoms with Gasteiger partial charge >= 0.3 is 0 Å². The van der Waals surface area contributed by atoms with E-state index in [0.29, 0.717) is 5.41 Å². The van der Waals surface area contributed by atoms with Crippen molar-refractivity contribution in [2.24, 2.45) is 46.1 Å². The van der Waals surface area contributed by atoms with Gasteiger partial charge in [0.2, 0.25) is 0 Å². The van der Waals surface area contributed by atoms with Crippen LogP contribution in [0.15, 0.2) is 16.9 Å². The molecule has 0 radical (unpaired) electrons. The molecular formula is C20H30INO. The van der Waals surface area contributed by atoms with Gasteiger partial charge in [0.1, 0.15) is 0 Å². The van der Waals surface area contributed by atoms with Crippen molar-refractivity contribution >= 4 is 22.6 Å². The number of allylic oxidation sites excluding steroid dienone is 2. The maximum Gasteiger partial charge on any atom is 0.0812 e. The topological polar surface area (TPSA) is 29.4 Å². The van der Waals surface area contributed by atoms with Gasteiger partial charge in [-0.25, -0.2) is 0 Å². The minimum atomic E-state index is 0.606. The quantitative estimate of drug-likeness (QED) is 0.287. The Hall–Kier alpha value is 0.0700. The summed E-state index contributed by atoms with van der Waals surface area (Å²) in [7, 11) is 0. The first-order valence-corrected chi connectivity index (χ1v) is 11.0. The number of nitrogens with zero attached hydrogens (tertiary/aromatic N) is 1. The Balaban J connectivity index is 1.56. The lowest BCUT2D eigenvalue weighted by atomic mass is 9.50. The molecule has 0 heterocycles. The lowest BCUT2D eigenvalue weighted by Gasteiger charge is -2.55. The van der Waals surface area contributed by atoms with Gasteiger partial charge in [0.15, 0.2) is 0 Å². The van der Waals surface area contributed by atoms with Crippen molar-refractivity contribution in [1.82, 2.24) is 0 Å². The third-order valence-corrected chi connectivity index (χ3v) is 9.23. The van der Waals surface area contributed by atoms with Gasteiger partial charge in [-0.2, -0.15) is 0 Å². The predicted octanol–water partition coefficient (Wildman–Crippen LogP) is 6.34. The lowest BCUT2D eigenvalue weighted by Crippen LogP contribution is -2.48. The standard InChI is InChI=1S/C20H30INO/c1-12(21)18-7-8-19-17-5-3-13-11-14(22-23)4-6-15(13)16(17)9-10-20(18,19)2/h4,12-13,15-19H,3,5-11H2,1-2H3/t12?,13?,15?,16?,17?,18?,19?,20-/m1/s1. The van der Waals surface area contributed by atoms with Crippen LogP contribution in [-0.4, -0.2) is 3.92 Å². The van der Waals surface area contributed by atoms with E-state index in [0.717, 1.165) is 58.0 Å². The number of rotatable bonds is 2. The van der Waals surface area contributed by atoms with E-state index in [-0.39, 0.29) is 0 Å². The van der Waals surface area contributed by atoms with Crippen LogP contribution in [0.1, 0.15) is 65.2 Å². The highest BCUT2D eigenvalue weighted by Gasteiger charge is 2.57. The van der Waals surface area contributed by atoms with E-state index in [4.69, 9.17) is 0 Å². The first kappa shape index (κ1) is 16.5. The summed E-state index contributed by atoms with van der Waals surface area (Å²) in [6, 6.07) is 0. The normalized spacial score (nSPS) is 50.3. The Labute approximate surface area is 154 Å². The molecule has 4 aliphatic rings. The molecule has 0 spiro atoms. The summed E-state index contributed by atoms with van der Waals surface area (Å²) in [6.07, 6.45) is 12.8. The summed E-state index contributed by atoms with van der Waals surface area (Å²) in [5.41, 5.74) is 1.44. The van der Waals surface area contributed by atoms with E-state index in [1.807, 2.05) is 0 Å². The van der Waals surface area contributed by atoms with Crippen LogP contribution in [0.2, 0.25) is 0 Å². The highest BCUT2D eigenvalue weighted by atomic mass is 127. The number of hydrogen-bond acceptors (Lipinski definition) is 2. The highest BCUT2D eigenvalue weighted by molar-refractivity contribution is 14.1. The van der Waals surface area contributed by atoms with Crippen molar-refractivity contribution < 1.29 is 0 Å². The molecule has 4 rings (SSSR count). The van der Waals surface area contributed by atoms with E-state index in [1.54, 1.807) is 0 Å². The fraction of sp³-hybridized carbons (Fsp3) is 0.900. The first-order valence-electron chi connectivity index (χ1n) is 9.71. The van der Waals surface area contributed by atoms with Gasteiger partial charge in [-0.15, -0.1) is 4.91 Å². The molecule has 3 fully saturated rings. The number of alkyl halides is 1. The largest absolute Gasteiger partial charge is 0.145 e. The molecule has 0 aromatic carbocycles. The van der Waals surface area contributed by atoms with Crippen molar-refractivity contribution in [1.29, 1.82) is 0 Å². The van der Waals surface area contributed by atoms with Crippen LogP contribution in [-0.2, 0) is 0 Å².